The van der Waals surface area contributed by atoms with Crippen LogP contribution in [-0.2, 0) is 0 Å². The van der Waals surface area contributed by atoms with Crippen LogP contribution in [-0.4, -0.2) is 28.5 Å². The van der Waals surface area contributed by atoms with Gasteiger partial charge in [0.2, 0.25) is 0 Å². The van der Waals surface area contributed by atoms with Crippen LogP contribution in [0.4, 0.5) is 5.69 Å². The standard InChI is InChI=1S/C13H19N3O2S/c1-4-8-14-13(19)15(3)10(2)11-6-5-7-12(9-11)16(17)18/h5-7,9-10H,4,8H2,1-3H3,(H,14,19)/t10-/m0/s1. The van der Waals surface area contributed by atoms with E-state index in [0.717, 1.165) is 18.5 Å². The van der Waals surface area contributed by atoms with E-state index < -0.39 is 0 Å². The molecular formula is C13H19N3O2S. The van der Waals surface area contributed by atoms with Crippen molar-refractivity contribution >= 4 is 23.0 Å². The SMILES string of the molecule is CCCNC(=S)N(C)[C@@H](C)c1cccc([N+](=O)[O-])c1. The Balaban J connectivity index is 2.81. The van der Waals surface area contributed by atoms with Gasteiger partial charge in [-0.2, -0.15) is 0 Å². The zero-order valence-corrected chi connectivity index (χ0v) is 12.2. The van der Waals surface area contributed by atoms with E-state index in [4.69, 9.17) is 12.2 Å². The number of rotatable bonds is 5. The van der Waals surface area contributed by atoms with Crippen LogP contribution in [0.5, 0.6) is 0 Å². The molecule has 0 radical (unpaired) electrons. The summed E-state index contributed by atoms with van der Waals surface area (Å²) in [6, 6.07) is 6.63. The van der Waals surface area contributed by atoms with Crippen molar-refractivity contribution in [2.24, 2.45) is 0 Å². The van der Waals surface area contributed by atoms with Gasteiger partial charge < -0.3 is 10.2 Å². The average Bonchev–Trinajstić information content (AvgIpc) is 2.43. The van der Waals surface area contributed by atoms with Crippen molar-refractivity contribution in [3.8, 4) is 0 Å². The Bertz CT molecular complexity index is 465. The molecule has 1 rings (SSSR count). The number of benzene rings is 1. The Hall–Kier alpha value is -1.69. The molecule has 1 N–H and O–H groups in total. The maximum absolute atomic E-state index is 10.8. The van der Waals surface area contributed by atoms with E-state index in [1.54, 1.807) is 12.1 Å². The molecular weight excluding hydrogens is 262 g/mol. The Morgan fingerprint density at radius 1 is 1.58 bits per heavy atom. The summed E-state index contributed by atoms with van der Waals surface area (Å²) in [6.45, 7) is 4.86. The number of hydrogen-bond acceptors (Lipinski definition) is 3. The molecule has 0 aliphatic rings. The second kappa shape index (κ2) is 7.04. The predicted octanol–water partition coefficient (Wildman–Crippen LogP) is 2.87. The summed E-state index contributed by atoms with van der Waals surface area (Å²) in [5.41, 5.74) is 0.975. The van der Waals surface area contributed by atoms with E-state index in [1.165, 1.54) is 6.07 Å². The fourth-order valence-corrected chi connectivity index (χ4v) is 1.91. The van der Waals surface area contributed by atoms with Crippen molar-refractivity contribution in [2.45, 2.75) is 26.3 Å². The van der Waals surface area contributed by atoms with Crippen LogP contribution >= 0.6 is 12.2 Å². The van der Waals surface area contributed by atoms with Crippen molar-refractivity contribution < 1.29 is 4.92 Å². The molecule has 0 fully saturated rings. The lowest BCUT2D eigenvalue weighted by Crippen LogP contribution is -2.38. The largest absolute Gasteiger partial charge is 0.363 e. The van der Waals surface area contributed by atoms with Crippen molar-refractivity contribution in [1.29, 1.82) is 0 Å². The highest BCUT2D eigenvalue weighted by molar-refractivity contribution is 7.80. The van der Waals surface area contributed by atoms with E-state index in [0.29, 0.717) is 5.11 Å². The quantitative estimate of drug-likeness (QED) is 0.511. The fraction of sp³-hybridized carbons (Fsp3) is 0.462. The van der Waals surface area contributed by atoms with Crippen molar-refractivity contribution in [3.63, 3.8) is 0 Å². The molecule has 0 unspecified atom stereocenters. The van der Waals surface area contributed by atoms with Gasteiger partial charge in [-0.15, -0.1) is 0 Å². The molecule has 1 aromatic carbocycles. The third-order valence-corrected chi connectivity index (χ3v) is 3.42. The zero-order valence-electron chi connectivity index (χ0n) is 11.4. The Morgan fingerprint density at radius 2 is 2.26 bits per heavy atom. The van der Waals surface area contributed by atoms with E-state index in [-0.39, 0.29) is 16.7 Å². The minimum absolute atomic E-state index is 0.0169. The topological polar surface area (TPSA) is 58.4 Å². The highest BCUT2D eigenvalue weighted by Gasteiger charge is 2.16. The van der Waals surface area contributed by atoms with Gasteiger partial charge in [0.25, 0.3) is 5.69 Å². The molecule has 0 amide bonds. The maximum atomic E-state index is 10.8. The lowest BCUT2D eigenvalue weighted by Gasteiger charge is -2.28. The van der Waals surface area contributed by atoms with Gasteiger partial charge in [-0.1, -0.05) is 19.1 Å². The number of thiocarbonyl (C=S) groups is 1. The van der Waals surface area contributed by atoms with Crippen LogP contribution in [0.3, 0.4) is 0 Å². The van der Waals surface area contributed by atoms with Crippen LogP contribution < -0.4 is 5.32 Å². The number of nitro groups is 1. The van der Waals surface area contributed by atoms with E-state index in [1.807, 2.05) is 24.9 Å². The summed E-state index contributed by atoms with van der Waals surface area (Å²) in [4.78, 5) is 12.3. The zero-order chi connectivity index (χ0) is 14.4. The third-order valence-electron chi connectivity index (χ3n) is 2.99. The third kappa shape index (κ3) is 4.17. The van der Waals surface area contributed by atoms with E-state index in [2.05, 4.69) is 12.2 Å². The highest BCUT2D eigenvalue weighted by Crippen LogP contribution is 2.22. The first-order valence-corrected chi connectivity index (χ1v) is 6.63. The monoisotopic (exact) mass is 281 g/mol. The number of nitro benzene ring substituents is 1. The van der Waals surface area contributed by atoms with Gasteiger partial charge in [-0.25, -0.2) is 0 Å². The van der Waals surface area contributed by atoms with Crippen LogP contribution in [0.15, 0.2) is 24.3 Å². The average molecular weight is 281 g/mol. The fourth-order valence-electron chi connectivity index (χ4n) is 1.65. The summed E-state index contributed by atoms with van der Waals surface area (Å²) < 4.78 is 0. The van der Waals surface area contributed by atoms with Crippen LogP contribution in [0.2, 0.25) is 0 Å². The maximum Gasteiger partial charge on any atom is 0.269 e. The summed E-state index contributed by atoms with van der Waals surface area (Å²) in [6.07, 6.45) is 0.999. The molecule has 0 bridgehead atoms. The summed E-state index contributed by atoms with van der Waals surface area (Å²) in [5.74, 6) is 0. The molecule has 0 saturated carbocycles. The molecule has 1 aromatic rings. The molecule has 0 saturated heterocycles. The molecule has 1 atom stereocenters. The summed E-state index contributed by atoms with van der Waals surface area (Å²) >= 11 is 5.28. The normalized spacial score (nSPS) is 11.7. The molecule has 0 aliphatic heterocycles. The molecule has 0 spiro atoms. The molecule has 5 nitrogen and oxygen atoms in total. The van der Waals surface area contributed by atoms with Gasteiger partial charge in [0.15, 0.2) is 5.11 Å². The molecule has 0 aromatic heterocycles. The lowest BCUT2D eigenvalue weighted by molar-refractivity contribution is -0.384. The Morgan fingerprint density at radius 3 is 2.84 bits per heavy atom. The number of hydrogen-bond donors (Lipinski definition) is 1. The number of non-ortho nitro benzene ring substituents is 1. The van der Waals surface area contributed by atoms with Crippen LogP contribution in [0, 0.1) is 10.1 Å². The van der Waals surface area contributed by atoms with Crippen molar-refractivity contribution in [1.82, 2.24) is 10.2 Å². The van der Waals surface area contributed by atoms with E-state index >= 15 is 0 Å². The van der Waals surface area contributed by atoms with Gasteiger partial charge in [0.05, 0.1) is 11.0 Å². The van der Waals surface area contributed by atoms with Gasteiger partial charge >= 0.3 is 0 Å². The minimum atomic E-state index is -0.385. The van der Waals surface area contributed by atoms with Crippen molar-refractivity contribution in [3.05, 3.63) is 39.9 Å². The summed E-state index contributed by atoms with van der Waals surface area (Å²) in [7, 11) is 1.88. The van der Waals surface area contributed by atoms with Crippen LogP contribution in [0.25, 0.3) is 0 Å². The number of nitrogens with zero attached hydrogens (tertiary/aromatic N) is 2. The highest BCUT2D eigenvalue weighted by atomic mass is 32.1. The Labute approximate surface area is 118 Å². The number of nitrogens with one attached hydrogen (secondary N) is 1. The van der Waals surface area contributed by atoms with Gasteiger partial charge in [0, 0.05) is 25.7 Å². The molecule has 104 valence electrons. The predicted molar refractivity (Wildman–Crippen MR) is 80.2 cm³/mol. The van der Waals surface area contributed by atoms with Gasteiger partial charge in [-0.05, 0) is 31.1 Å². The van der Waals surface area contributed by atoms with Crippen LogP contribution in [0.1, 0.15) is 31.9 Å². The first-order valence-electron chi connectivity index (χ1n) is 6.22. The minimum Gasteiger partial charge on any atom is -0.363 e. The smallest absolute Gasteiger partial charge is 0.269 e. The first kappa shape index (κ1) is 15.4. The summed E-state index contributed by atoms with van der Waals surface area (Å²) in [5, 5.41) is 14.6. The van der Waals surface area contributed by atoms with Gasteiger partial charge in [-0.3, -0.25) is 10.1 Å². The Kier molecular flexibility index (Phi) is 5.69. The first-order chi connectivity index (χ1) is 8.97. The second-order valence-corrected chi connectivity index (χ2v) is 4.76. The molecule has 0 heterocycles. The lowest BCUT2D eigenvalue weighted by atomic mass is 10.1. The molecule has 0 aliphatic carbocycles. The molecule has 19 heavy (non-hydrogen) atoms. The second-order valence-electron chi connectivity index (χ2n) is 4.37. The van der Waals surface area contributed by atoms with Crippen molar-refractivity contribution in [2.75, 3.05) is 13.6 Å². The molecule has 6 heteroatoms. The van der Waals surface area contributed by atoms with E-state index in [9.17, 15) is 10.1 Å². The van der Waals surface area contributed by atoms with Gasteiger partial charge in [0.1, 0.15) is 0 Å².